The molecule has 0 spiro atoms. The minimum absolute atomic E-state index is 0.00300. The first-order chi connectivity index (χ1) is 9.00. The standard InChI is InChI=1S/C12H15N3O4/c1-8-7-19-5-4-14(8)12(16)9-2-3-11(15(17)18)10(13)6-9/h2-3,6,8H,4-5,7,13H2,1H3. The monoisotopic (exact) mass is 265 g/mol. The van der Waals surface area contributed by atoms with Gasteiger partial charge in [0.2, 0.25) is 0 Å². The second-order valence-corrected chi connectivity index (χ2v) is 4.45. The maximum Gasteiger partial charge on any atom is 0.292 e. The molecule has 7 heteroatoms. The Morgan fingerprint density at radius 3 is 2.89 bits per heavy atom. The van der Waals surface area contributed by atoms with Gasteiger partial charge in [0.1, 0.15) is 5.69 Å². The SMILES string of the molecule is CC1COCCN1C(=O)c1ccc([N+](=O)[O-])c(N)c1. The van der Waals surface area contributed by atoms with Gasteiger partial charge in [0.15, 0.2) is 0 Å². The number of rotatable bonds is 2. The Hall–Kier alpha value is -2.15. The molecule has 1 heterocycles. The molecule has 1 aromatic carbocycles. The molecule has 1 saturated heterocycles. The largest absolute Gasteiger partial charge is 0.393 e. The van der Waals surface area contributed by atoms with Crippen molar-refractivity contribution in [1.29, 1.82) is 0 Å². The average Bonchev–Trinajstić information content (AvgIpc) is 2.38. The molecule has 2 rings (SSSR count). The van der Waals surface area contributed by atoms with Crippen molar-refractivity contribution in [3.8, 4) is 0 Å². The smallest absolute Gasteiger partial charge is 0.292 e. The molecule has 2 N–H and O–H groups in total. The highest BCUT2D eigenvalue weighted by Gasteiger charge is 2.25. The third kappa shape index (κ3) is 2.65. The Kier molecular flexibility index (Phi) is 3.66. The molecule has 0 saturated carbocycles. The van der Waals surface area contributed by atoms with E-state index in [1.54, 1.807) is 4.90 Å². The average molecular weight is 265 g/mol. The number of nitro benzene ring substituents is 1. The lowest BCUT2D eigenvalue weighted by Gasteiger charge is -2.33. The van der Waals surface area contributed by atoms with E-state index in [1.165, 1.54) is 18.2 Å². The van der Waals surface area contributed by atoms with E-state index in [2.05, 4.69) is 0 Å². The fourth-order valence-electron chi connectivity index (χ4n) is 2.05. The summed E-state index contributed by atoms with van der Waals surface area (Å²) < 4.78 is 5.26. The normalized spacial score (nSPS) is 19.2. The first-order valence-electron chi connectivity index (χ1n) is 5.93. The number of benzene rings is 1. The number of amides is 1. The molecule has 1 amide bonds. The predicted molar refractivity (Wildman–Crippen MR) is 68.8 cm³/mol. The topological polar surface area (TPSA) is 98.7 Å². The molecule has 0 radical (unpaired) electrons. The fourth-order valence-corrected chi connectivity index (χ4v) is 2.05. The Labute approximate surface area is 110 Å². The minimum Gasteiger partial charge on any atom is -0.393 e. The number of morpholine rings is 1. The molecule has 1 aromatic rings. The van der Waals surface area contributed by atoms with Gasteiger partial charge in [0.25, 0.3) is 11.6 Å². The van der Waals surface area contributed by atoms with Gasteiger partial charge in [-0.15, -0.1) is 0 Å². The molecule has 7 nitrogen and oxygen atoms in total. The van der Waals surface area contributed by atoms with Crippen LogP contribution in [0.4, 0.5) is 11.4 Å². The van der Waals surface area contributed by atoms with Crippen LogP contribution in [0.1, 0.15) is 17.3 Å². The molecular weight excluding hydrogens is 250 g/mol. The lowest BCUT2D eigenvalue weighted by atomic mass is 10.1. The van der Waals surface area contributed by atoms with E-state index in [0.29, 0.717) is 25.3 Å². The number of nitrogen functional groups attached to an aromatic ring is 1. The summed E-state index contributed by atoms with van der Waals surface area (Å²) in [5.41, 5.74) is 5.75. The van der Waals surface area contributed by atoms with Crippen molar-refractivity contribution in [1.82, 2.24) is 4.90 Å². The molecule has 0 aliphatic carbocycles. The summed E-state index contributed by atoms with van der Waals surface area (Å²) in [5, 5.41) is 10.7. The minimum atomic E-state index is -0.569. The third-order valence-electron chi connectivity index (χ3n) is 3.10. The highest BCUT2D eigenvalue weighted by atomic mass is 16.6. The second-order valence-electron chi connectivity index (χ2n) is 4.45. The maximum atomic E-state index is 12.3. The molecule has 19 heavy (non-hydrogen) atoms. The van der Waals surface area contributed by atoms with Crippen LogP contribution < -0.4 is 5.73 Å². The zero-order valence-electron chi connectivity index (χ0n) is 10.5. The summed E-state index contributed by atoms with van der Waals surface area (Å²) in [6.07, 6.45) is 0. The number of ether oxygens (including phenoxy) is 1. The molecule has 0 aromatic heterocycles. The van der Waals surface area contributed by atoms with Crippen LogP contribution in [-0.4, -0.2) is 41.5 Å². The first kappa shape index (κ1) is 13.3. The molecule has 0 bridgehead atoms. The fraction of sp³-hybridized carbons (Fsp3) is 0.417. The second kappa shape index (κ2) is 5.23. The van der Waals surface area contributed by atoms with Gasteiger partial charge in [-0.05, 0) is 19.1 Å². The molecule has 102 valence electrons. The van der Waals surface area contributed by atoms with Gasteiger partial charge in [-0.25, -0.2) is 0 Å². The summed E-state index contributed by atoms with van der Waals surface area (Å²) in [5.74, 6) is -0.183. The first-order valence-corrected chi connectivity index (χ1v) is 5.93. The molecular formula is C12H15N3O4. The van der Waals surface area contributed by atoms with Crippen molar-refractivity contribution < 1.29 is 14.5 Å². The Bertz CT molecular complexity index is 518. The van der Waals surface area contributed by atoms with E-state index in [1.807, 2.05) is 6.92 Å². The number of anilines is 1. The Morgan fingerprint density at radius 2 is 2.32 bits per heavy atom. The number of nitro groups is 1. The number of carbonyl (C=O) groups is 1. The van der Waals surface area contributed by atoms with Gasteiger partial charge in [-0.2, -0.15) is 0 Å². The third-order valence-corrected chi connectivity index (χ3v) is 3.10. The molecule has 1 aliphatic heterocycles. The Morgan fingerprint density at radius 1 is 1.58 bits per heavy atom. The predicted octanol–water partition coefficient (Wildman–Crippen LogP) is 1.04. The van der Waals surface area contributed by atoms with E-state index in [4.69, 9.17) is 10.5 Å². The summed E-state index contributed by atoms with van der Waals surface area (Å²) in [7, 11) is 0. The van der Waals surface area contributed by atoms with E-state index in [0.717, 1.165) is 0 Å². The van der Waals surface area contributed by atoms with E-state index in [-0.39, 0.29) is 23.3 Å². The van der Waals surface area contributed by atoms with E-state index >= 15 is 0 Å². The number of hydrogen-bond acceptors (Lipinski definition) is 5. The van der Waals surface area contributed by atoms with Crippen molar-refractivity contribution in [2.24, 2.45) is 0 Å². The van der Waals surface area contributed by atoms with Crippen molar-refractivity contribution in [2.45, 2.75) is 13.0 Å². The van der Waals surface area contributed by atoms with Gasteiger partial charge in [-0.1, -0.05) is 0 Å². The van der Waals surface area contributed by atoms with Gasteiger partial charge in [-0.3, -0.25) is 14.9 Å². The van der Waals surface area contributed by atoms with Crippen LogP contribution in [0.25, 0.3) is 0 Å². The number of nitrogens with two attached hydrogens (primary N) is 1. The zero-order valence-corrected chi connectivity index (χ0v) is 10.5. The summed E-state index contributed by atoms with van der Waals surface area (Å²) >= 11 is 0. The van der Waals surface area contributed by atoms with Crippen LogP contribution >= 0.6 is 0 Å². The van der Waals surface area contributed by atoms with Crippen LogP contribution in [0.3, 0.4) is 0 Å². The van der Waals surface area contributed by atoms with Gasteiger partial charge < -0.3 is 15.4 Å². The van der Waals surface area contributed by atoms with Crippen molar-refractivity contribution in [2.75, 3.05) is 25.5 Å². The van der Waals surface area contributed by atoms with Crippen LogP contribution in [0.2, 0.25) is 0 Å². The van der Waals surface area contributed by atoms with Crippen molar-refractivity contribution in [3.05, 3.63) is 33.9 Å². The van der Waals surface area contributed by atoms with Crippen LogP contribution in [0.5, 0.6) is 0 Å². The number of hydrogen-bond donors (Lipinski definition) is 1. The van der Waals surface area contributed by atoms with Crippen molar-refractivity contribution >= 4 is 17.3 Å². The van der Waals surface area contributed by atoms with E-state index in [9.17, 15) is 14.9 Å². The summed E-state index contributed by atoms with van der Waals surface area (Å²) in [4.78, 5) is 24.1. The summed E-state index contributed by atoms with van der Waals surface area (Å²) in [6.45, 7) is 3.40. The number of nitrogens with zero attached hydrogens (tertiary/aromatic N) is 2. The van der Waals surface area contributed by atoms with E-state index < -0.39 is 4.92 Å². The molecule has 1 unspecified atom stereocenters. The zero-order chi connectivity index (χ0) is 14.0. The summed E-state index contributed by atoms with van der Waals surface area (Å²) in [6, 6.07) is 4.02. The van der Waals surface area contributed by atoms with Gasteiger partial charge >= 0.3 is 0 Å². The van der Waals surface area contributed by atoms with Crippen molar-refractivity contribution in [3.63, 3.8) is 0 Å². The lowest BCUT2D eigenvalue weighted by Crippen LogP contribution is -2.47. The van der Waals surface area contributed by atoms with Crippen LogP contribution in [0, 0.1) is 10.1 Å². The lowest BCUT2D eigenvalue weighted by molar-refractivity contribution is -0.383. The van der Waals surface area contributed by atoms with Crippen LogP contribution in [-0.2, 0) is 4.74 Å². The maximum absolute atomic E-state index is 12.3. The highest BCUT2D eigenvalue weighted by molar-refractivity contribution is 5.96. The van der Waals surface area contributed by atoms with Gasteiger partial charge in [0.05, 0.1) is 24.2 Å². The van der Waals surface area contributed by atoms with Crippen LogP contribution in [0.15, 0.2) is 18.2 Å². The quantitative estimate of drug-likeness (QED) is 0.489. The molecule has 1 fully saturated rings. The molecule has 1 aliphatic rings. The highest BCUT2D eigenvalue weighted by Crippen LogP contribution is 2.23. The Balaban J connectivity index is 2.24. The molecule has 1 atom stereocenters. The number of carbonyl (C=O) groups excluding carboxylic acids is 1. The van der Waals surface area contributed by atoms with Gasteiger partial charge in [0, 0.05) is 18.2 Å².